The van der Waals surface area contributed by atoms with Gasteiger partial charge >= 0.3 is 0 Å². The molecule has 1 atom stereocenters. The van der Waals surface area contributed by atoms with Gasteiger partial charge in [0, 0.05) is 63.8 Å². The first-order valence-corrected chi connectivity index (χ1v) is 9.31. The maximum absolute atomic E-state index is 4.89. The lowest BCUT2D eigenvalue weighted by atomic mass is 10.1. The fourth-order valence-corrected chi connectivity index (χ4v) is 3.61. The number of anilines is 1. The molecule has 5 heteroatoms. The minimum Gasteiger partial charge on any atom is -0.378 e. The van der Waals surface area contributed by atoms with Crippen LogP contribution in [-0.4, -0.2) is 62.0 Å². The van der Waals surface area contributed by atoms with E-state index in [4.69, 9.17) is 4.99 Å². The smallest absolute Gasteiger partial charge is 0.133 e. The topological polar surface area (TPSA) is 34.1 Å². The zero-order valence-corrected chi connectivity index (χ0v) is 15.8. The normalized spacial score (nSPS) is 22.4. The molecular formula is C21H27N5. The Bertz CT molecular complexity index is 802. The van der Waals surface area contributed by atoms with Gasteiger partial charge < -0.3 is 20.0 Å². The summed E-state index contributed by atoms with van der Waals surface area (Å²) >= 11 is 0. The molecule has 26 heavy (non-hydrogen) atoms. The summed E-state index contributed by atoms with van der Waals surface area (Å²) in [6.07, 6.45) is 8.80. The Kier molecular flexibility index (Phi) is 4.55. The molecule has 0 radical (unpaired) electrons. The molecule has 0 aliphatic carbocycles. The molecule has 3 aliphatic heterocycles. The minimum absolute atomic E-state index is 0.532. The molecule has 1 aromatic carbocycles. The molecule has 1 saturated heterocycles. The standard InChI is InChI=1S/C21H27N5/c1-16-14-25(12-10-22-16)19-7-8-21-23-20(9-11-26(21)15-19)17-5-4-6-18(13-17)24(2)3/h4-9,13,15-16,22H,10-12,14H2,1-3H3/t16-/m0/s1. The highest BCUT2D eigenvalue weighted by Crippen LogP contribution is 2.26. The monoisotopic (exact) mass is 349 g/mol. The summed E-state index contributed by atoms with van der Waals surface area (Å²) < 4.78 is 0. The quantitative estimate of drug-likeness (QED) is 0.909. The van der Waals surface area contributed by atoms with Crippen molar-refractivity contribution in [3.05, 3.63) is 60.0 Å². The lowest BCUT2D eigenvalue weighted by molar-refractivity contribution is 0.258. The largest absolute Gasteiger partial charge is 0.378 e. The third kappa shape index (κ3) is 3.40. The van der Waals surface area contributed by atoms with E-state index < -0.39 is 0 Å². The number of hydrogen-bond acceptors (Lipinski definition) is 5. The molecule has 1 fully saturated rings. The molecule has 0 unspecified atom stereocenters. The van der Waals surface area contributed by atoms with Gasteiger partial charge in [0.1, 0.15) is 5.84 Å². The van der Waals surface area contributed by atoms with Crippen molar-refractivity contribution in [2.24, 2.45) is 4.99 Å². The summed E-state index contributed by atoms with van der Waals surface area (Å²) in [6.45, 7) is 6.24. The van der Waals surface area contributed by atoms with Crippen molar-refractivity contribution in [1.82, 2.24) is 15.1 Å². The maximum atomic E-state index is 4.89. The zero-order chi connectivity index (χ0) is 18.1. The summed E-state index contributed by atoms with van der Waals surface area (Å²) in [5, 5.41) is 3.50. The Morgan fingerprint density at radius 1 is 1.23 bits per heavy atom. The Morgan fingerprint density at radius 3 is 2.92 bits per heavy atom. The second-order valence-electron chi connectivity index (χ2n) is 7.34. The van der Waals surface area contributed by atoms with E-state index in [0.717, 1.165) is 37.7 Å². The van der Waals surface area contributed by atoms with Crippen LogP contribution in [-0.2, 0) is 0 Å². The highest BCUT2D eigenvalue weighted by Gasteiger charge is 2.22. The van der Waals surface area contributed by atoms with Crippen LogP contribution in [0.2, 0.25) is 0 Å². The summed E-state index contributed by atoms with van der Waals surface area (Å²) in [6, 6.07) is 9.08. The third-order valence-electron chi connectivity index (χ3n) is 5.09. The number of aliphatic imine (C=N–C) groups is 1. The number of rotatable bonds is 3. The van der Waals surface area contributed by atoms with Crippen LogP contribution in [0, 0.1) is 0 Å². The number of benzene rings is 1. The van der Waals surface area contributed by atoms with Gasteiger partial charge in [-0.25, -0.2) is 4.99 Å². The van der Waals surface area contributed by atoms with Crippen molar-refractivity contribution in [3.8, 4) is 0 Å². The zero-order valence-electron chi connectivity index (χ0n) is 15.8. The molecule has 5 nitrogen and oxygen atoms in total. The van der Waals surface area contributed by atoms with E-state index in [1.54, 1.807) is 0 Å². The van der Waals surface area contributed by atoms with Gasteiger partial charge in [-0.15, -0.1) is 0 Å². The molecule has 0 spiro atoms. The molecule has 0 aromatic heterocycles. The van der Waals surface area contributed by atoms with Gasteiger partial charge in [-0.2, -0.15) is 0 Å². The van der Waals surface area contributed by atoms with Crippen molar-refractivity contribution in [2.45, 2.75) is 13.0 Å². The van der Waals surface area contributed by atoms with E-state index in [2.05, 4.69) is 89.7 Å². The van der Waals surface area contributed by atoms with Crippen molar-refractivity contribution < 1.29 is 0 Å². The molecule has 3 heterocycles. The summed E-state index contributed by atoms with van der Waals surface area (Å²) in [7, 11) is 4.13. The van der Waals surface area contributed by atoms with Crippen molar-refractivity contribution in [2.75, 3.05) is 45.2 Å². The molecule has 0 bridgehead atoms. The summed E-state index contributed by atoms with van der Waals surface area (Å²) in [4.78, 5) is 11.7. The molecular weight excluding hydrogens is 322 g/mol. The number of nitrogens with zero attached hydrogens (tertiary/aromatic N) is 4. The van der Waals surface area contributed by atoms with Crippen LogP contribution in [0.5, 0.6) is 0 Å². The SMILES string of the molecule is C[C@H]1CN(C2=CN3CC=C(c4cccc(N(C)C)c4)N=C3C=C2)CCN1. The van der Waals surface area contributed by atoms with Gasteiger partial charge in [0.05, 0.1) is 11.4 Å². The Morgan fingerprint density at radius 2 is 2.12 bits per heavy atom. The van der Waals surface area contributed by atoms with Crippen molar-refractivity contribution in [1.29, 1.82) is 0 Å². The van der Waals surface area contributed by atoms with Crippen molar-refractivity contribution >= 4 is 17.2 Å². The predicted octanol–water partition coefficient (Wildman–Crippen LogP) is 2.51. The molecule has 4 rings (SSSR count). The first-order chi connectivity index (χ1) is 12.6. The number of hydrogen-bond donors (Lipinski definition) is 1. The lowest BCUT2D eigenvalue weighted by Gasteiger charge is -2.37. The summed E-state index contributed by atoms with van der Waals surface area (Å²) in [5.74, 6) is 1.02. The van der Waals surface area contributed by atoms with Gasteiger partial charge in [0.2, 0.25) is 0 Å². The average Bonchev–Trinajstić information content (AvgIpc) is 2.67. The predicted molar refractivity (Wildman–Crippen MR) is 109 cm³/mol. The van der Waals surface area contributed by atoms with E-state index >= 15 is 0 Å². The van der Waals surface area contributed by atoms with E-state index in [0.29, 0.717) is 6.04 Å². The average molecular weight is 349 g/mol. The molecule has 0 amide bonds. The van der Waals surface area contributed by atoms with Crippen molar-refractivity contribution in [3.63, 3.8) is 0 Å². The van der Waals surface area contributed by atoms with E-state index in [-0.39, 0.29) is 0 Å². The van der Waals surface area contributed by atoms with Gasteiger partial charge in [-0.3, -0.25) is 0 Å². The second kappa shape index (κ2) is 7.00. The number of fused-ring (bicyclic) bond motifs is 1. The highest BCUT2D eigenvalue weighted by atomic mass is 15.2. The lowest BCUT2D eigenvalue weighted by Crippen LogP contribution is -2.49. The van der Waals surface area contributed by atoms with Crippen LogP contribution in [0.25, 0.3) is 5.70 Å². The molecule has 1 N–H and O–H groups in total. The minimum atomic E-state index is 0.532. The number of allylic oxidation sites excluding steroid dienone is 1. The van der Waals surface area contributed by atoms with E-state index in [1.807, 2.05) is 0 Å². The fraction of sp³-hybridized carbons (Fsp3) is 0.381. The maximum Gasteiger partial charge on any atom is 0.133 e. The van der Waals surface area contributed by atoms with E-state index in [1.165, 1.54) is 16.9 Å². The van der Waals surface area contributed by atoms with Crippen LogP contribution in [0.1, 0.15) is 12.5 Å². The third-order valence-corrected chi connectivity index (χ3v) is 5.09. The fourth-order valence-electron chi connectivity index (χ4n) is 3.61. The Balaban J connectivity index is 1.53. The Labute approximate surface area is 156 Å². The van der Waals surface area contributed by atoms with Gasteiger partial charge in [-0.05, 0) is 37.3 Å². The number of nitrogens with one attached hydrogen (secondary N) is 1. The van der Waals surface area contributed by atoms with Gasteiger partial charge in [0.25, 0.3) is 0 Å². The van der Waals surface area contributed by atoms with Gasteiger partial charge in [0.15, 0.2) is 0 Å². The highest BCUT2D eigenvalue weighted by molar-refractivity contribution is 6.00. The molecule has 0 saturated carbocycles. The molecule has 3 aliphatic rings. The van der Waals surface area contributed by atoms with Crippen LogP contribution in [0.4, 0.5) is 5.69 Å². The number of amidine groups is 1. The Hall–Kier alpha value is -2.53. The second-order valence-corrected chi connectivity index (χ2v) is 7.34. The van der Waals surface area contributed by atoms with Crippen LogP contribution in [0.3, 0.4) is 0 Å². The number of piperazine rings is 1. The summed E-state index contributed by atoms with van der Waals surface area (Å²) in [5.41, 5.74) is 4.70. The van der Waals surface area contributed by atoms with E-state index in [9.17, 15) is 0 Å². The molecule has 1 aromatic rings. The van der Waals surface area contributed by atoms with Crippen LogP contribution < -0.4 is 10.2 Å². The first-order valence-electron chi connectivity index (χ1n) is 9.31. The molecule has 136 valence electrons. The van der Waals surface area contributed by atoms with Crippen LogP contribution >= 0.6 is 0 Å². The van der Waals surface area contributed by atoms with Crippen LogP contribution in [0.15, 0.2) is 59.4 Å². The van der Waals surface area contributed by atoms with Gasteiger partial charge in [-0.1, -0.05) is 12.1 Å². The first kappa shape index (κ1) is 16.9.